The van der Waals surface area contributed by atoms with Crippen molar-refractivity contribution in [3.05, 3.63) is 81.9 Å². The molecule has 0 saturated carbocycles. The van der Waals surface area contributed by atoms with Gasteiger partial charge in [0.25, 0.3) is 8.32 Å². The fourth-order valence-electron chi connectivity index (χ4n) is 3.89. The van der Waals surface area contributed by atoms with Gasteiger partial charge in [-0.05, 0) is 50.1 Å². The van der Waals surface area contributed by atoms with E-state index in [0.717, 1.165) is 5.56 Å². The number of phenols is 1. The Hall–Kier alpha value is -2.34. The Morgan fingerprint density at radius 1 is 0.968 bits per heavy atom. The van der Waals surface area contributed by atoms with Crippen LogP contribution in [0.25, 0.3) is 0 Å². The van der Waals surface area contributed by atoms with E-state index in [1.54, 1.807) is 12.1 Å². The number of hydrogen-bond donors (Lipinski definition) is 1. The number of benzene rings is 3. The first-order valence-corrected chi connectivity index (χ1v) is 13.0. The number of phenolic OH excluding ortho intramolecular Hbond substituents is 1. The second-order valence-electron chi connectivity index (χ2n) is 8.31. The number of halogens is 1. The third kappa shape index (κ3) is 4.95. The second kappa shape index (κ2) is 9.85. The molecule has 1 N–H and O–H groups in total. The lowest BCUT2D eigenvalue weighted by Gasteiger charge is -2.43. The first-order valence-electron chi connectivity index (χ1n) is 10.1. The van der Waals surface area contributed by atoms with Gasteiger partial charge in [0.1, 0.15) is 17.6 Å². The normalized spacial score (nSPS) is 11.7. The molecule has 0 heterocycles. The van der Waals surface area contributed by atoms with Gasteiger partial charge in [-0.1, -0.05) is 81.4 Å². The minimum absolute atomic E-state index is 0.0624. The number of rotatable bonds is 7. The zero-order valence-electron chi connectivity index (χ0n) is 17.9. The van der Waals surface area contributed by atoms with Crippen LogP contribution in [0.5, 0.6) is 11.5 Å². The Morgan fingerprint density at radius 2 is 1.52 bits per heavy atom. The van der Waals surface area contributed by atoms with E-state index in [4.69, 9.17) is 14.4 Å². The van der Waals surface area contributed by atoms with Gasteiger partial charge in [0.2, 0.25) is 0 Å². The number of hydrogen-bond acceptors (Lipinski definition) is 4. The van der Waals surface area contributed by atoms with E-state index >= 15 is 0 Å². The van der Waals surface area contributed by atoms with Gasteiger partial charge in [-0.15, -0.1) is 0 Å². The smallest absolute Gasteiger partial charge is 0.261 e. The summed E-state index contributed by atoms with van der Waals surface area (Å²) in [5.74, 6) is 0.729. The third-order valence-corrected chi connectivity index (χ3v) is 11.1. The average Bonchev–Trinajstić information content (AvgIpc) is 2.76. The van der Waals surface area contributed by atoms with Gasteiger partial charge < -0.3 is 14.3 Å². The molecule has 4 nitrogen and oxygen atoms in total. The summed E-state index contributed by atoms with van der Waals surface area (Å²) in [5.41, 5.74) is 0.723. The van der Waals surface area contributed by atoms with Gasteiger partial charge in [-0.25, -0.2) is 0 Å². The summed E-state index contributed by atoms with van der Waals surface area (Å²) in [6, 6.07) is 26.2. The molecule has 3 aromatic carbocycles. The van der Waals surface area contributed by atoms with Gasteiger partial charge in [-0.2, -0.15) is 5.26 Å². The number of aromatic hydroxyl groups is 1. The van der Waals surface area contributed by atoms with Crippen LogP contribution >= 0.6 is 22.6 Å². The fourth-order valence-corrected chi connectivity index (χ4v) is 8.86. The van der Waals surface area contributed by atoms with Crippen LogP contribution in [0.15, 0.2) is 72.8 Å². The van der Waals surface area contributed by atoms with Crippen molar-refractivity contribution in [1.82, 2.24) is 0 Å². The molecule has 0 aliphatic rings. The average molecular weight is 543 g/mol. The molecule has 0 aromatic heterocycles. The molecular weight excluding hydrogens is 517 g/mol. The highest BCUT2D eigenvalue weighted by Gasteiger charge is 2.50. The monoisotopic (exact) mass is 543 g/mol. The predicted octanol–water partition coefficient (Wildman–Crippen LogP) is 4.98. The van der Waals surface area contributed by atoms with Crippen molar-refractivity contribution < 1.29 is 14.3 Å². The summed E-state index contributed by atoms with van der Waals surface area (Å²) in [5, 5.41) is 21.5. The summed E-state index contributed by atoms with van der Waals surface area (Å²) in [4.78, 5) is 0. The summed E-state index contributed by atoms with van der Waals surface area (Å²) >= 11 is 2.05. The Morgan fingerprint density at radius 3 is 2.00 bits per heavy atom. The molecule has 0 amide bonds. The first kappa shape index (κ1) is 23.3. The quantitative estimate of drug-likeness (QED) is 0.338. The molecule has 0 aliphatic carbocycles. The standard InChI is InChI=1S/C25H26INO3Si/c1-25(2,3)31(20-10-6-4-7-11-20,21-12-8-5-9-13-21)30-18-19-16-23(28)22(26)17-24(19)29-15-14-27/h4-13,16-17,28H,15,18H2,1-3H3. The maximum atomic E-state index is 10.3. The van der Waals surface area contributed by atoms with E-state index in [9.17, 15) is 5.11 Å². The predicted molar refractivity (Wildman–Crippen MR) is 134 cm³/mol. The van der Waals surface area contributed by atoms with E-state index in [2.05, 4.69) is 45.0 Å². The zero-order valence-corrected chi connectivity index (χ0v) is 21.1. The molecule has 0 saturated heterocycles. The highest BCUT2D eigenvalue weighted by atomic mass is 127. The molecule has 0 fully saturated rings. The summed E-state index contributed by atoms with van der Waals surface area (Å²) in [6.07, 6.45) is 0. The lowest BCUT2D eigenvalue weighted by atomic mass is 10.2. The Labute approximate surface area is 198 Å². The highest BCUT2D eigenvalue weighted by molar-refractivity contribution is 14.1. The minimum Gasteiger partial charge on any atom is -0.507 e. The number of nitriles is 1. The van der Waals surface area contributed by atoms with Crippen LogP contribution in [0.2, 0.25) is 5.04 Å². The Kier molecular flexibility index (Phi) is 7.41. The van der Waals surface area contributed by atoms with Crippen LogP contribution in [0.1, 0.15) is 26.3 Å². The lowest BCUT2D eigenvalue weighted by Crippen LogP contribution is -2.66. The van der Waals surface area contributed by atoms with Crippen molar-refractivity contribution in [2.24, 2.45) is 0 Å². The minimum atomic E-state index is -2.72. The molecule has 0 atom stereocenters. The van der Waals surface area contributed by atoms with Crippen molar-refractivity contribution in [2.75, 3.05) is 6.61 Å². The van der Waals surface area contributed by atoms with E-state index in [-0.39, 0.29) is 24.0 Å². The van der Waals surface area contributed by atoms with Crippen LogP contribution in [-0.2, 0) is 11.0 Å². The summed E-state index contributed by atoms with van der Waals surface area (Å²) in [6.45, 7) is 6.86. The molecule has 160 valence electrons. The summed E-state index contributed by atoms with van der Waals surface area (Å²) in [7, 11) is -2.72. The number of nitrogens with zero attached hydrogens (tertiary/aromatic N) is 1. The molecule has 0 unspecified atom stereocenters. The molecule has 0 spiro atoms. The van der Waals surface area contributed by atoms with Crippen molar-refractivity contribution >= 4 is 41.3 Å². The molecule has 3 rings (SSSR count). The number of ether oxygens (including phenoxy) is 1. The maximum Gasteiger partial charge on any atom is 0.261 e. The van der Waals surface area contributed by atoms with Crippen molar-refractivity contribution in [1.29, 1.82) is 5.26 Å². The van der Waals surface area contributed by atoms with Crippen LogP contribution in [-0.4, -0.2) is 20.0 Å². The fraction of sp³-hybridized carbons (Fsp3) is 0.240. The second-order valence-corrected chi connectivity index (χ2v) is 13.8. The zero-order chi connectivity index (χ0) is 22.5. The van der Waals surface area contributed by atoms with Gasteiger partial charge in [0.15, 0.2) is 6.61 Å². The van der Waals surface area contributed by atoms with Crippen molar-refractivity contribution in [2.45, 2.75) is 32.4 Å². The third-order valence-electron chi connectivity index (χ3n) is 5.28. The van der Waals surface area contributed by atoms with Crippen LogP contribution in [0.3, 0.4) is 0 Å². The molecular formula is C25H26INO3Si. The largest absolute Gasteiger partial charge is 0.507 e. The van der Waals surface area contributed by atoms with Gasteiger partial charge in [0, 0.05) is 5.56 Å². The highest BCUT2D eigenvalue weighted by Crippen LogP contribution is 2.38. The maximum absolute atomic E-state index is 10.3. The van der Waals surface area contributed by atoms with Crippen LogP contribution < -0.4 is 15.1 Å². The molecule has 0 aliphatic heterocycles. The van der Waals surface area contributed by atoms with Crippen LogP contribution in [0.4, 0.5) is 0 Å². The molecule has 0 radical (unpaired) electrons. The Bertz CT molecular complexity index is 1020. The van der Waals surface area contributed by atoms with Gasteiger partial charge in [-0.3, -0.25) is 0 Å². The van der Waals surface area contributed by atoms with E-state index in [1.165, 1.54) is 10.4 Å². The van der Waals surface area contributed by atoms with Crippen molar-refractivity contribution in [3.63, 3.8) is 0 Å². The SMILES string of the molecule is CC(C)(C)[Si](OCc1cc(O)c(I)cc1OCC#N)(c1ccccc1)c1ccccc1. The van der Waals surface area contributed by atoms with Crippen LogP contribution in [0, 0.1) is 14.9 Å². The van der Waals surface area contributed by atoms with Crippen molar-refractivity contribution in [3.8, 4) is 17.6 Å². The molecule has 31 heavy (non-hydrogen) atoms. The molecule has 6 heteroatoms. The first-order chi connectivity index (χ1) is 14.8. The lowest BCUT2D eigenvalue weighted by molar-refractivity contribution is 0.274. The molecule has 0 bridgehead atoms. The molecule has 3 aromatic rings. The van der Waals surface area contributed by atoms with E-state index < -0.39 is 8.32 Å². The Balaban J connectivity index is 2.11. The van der Waals surface area contributed by atoms with Gasteiger partial charge in [0.05, 0.1) is 10.2 Å². The van der Waals surface area contributed by atoms with E-state index in [0.29, 0.717) is 9.32 Å². The summed E-state index contributed by atoms with van der Waals surface area (Å²) < 4.78 is 13.2. The topological polar surface area (TPSA) is 62.5 Å². The van der Waals surface area contributed by atoms with Gasteiger partial charge >= 0.3 is 0 Å². The van der Waals surface area contributed by atoms with E-state index in [1.807, 2.05) is 65.1 Å².